The van der Waals surface area contributed by atoms with Crippen LogP contribution in [0.3, 0.4) is 0 Å². The second-order valence-electron chi connectivity index (χ2n) is 7.21. The minimum absolute atomic E-state index is 0.0274. The molecule has 1 unspecified atom stereocenters. The van der Waals surface area contributed by atoms with Crippen LogP contribution in [-0.2, 0) is 4.79 Å². The lowest BCUT2D eigenvalue weighted by Crippen LogP contribution is -2.51. The summed E-state index contributed by atoms with van der Waals surface area (Å²) in [7, 11) is 0. The maximum atomic E-state index is 14.2. The van der Waals surface area contributed by atoms with Crippen LogP contribution in [0.15, 0.2) is 30.5 Å². The molecule has 1 aliphatic heterocycles. The van der Waals surface area contributed by atoms with Gasteiger partial charge in [0, 0.05) is 18.2 Å². The molecule has 1 saturated carbocycles. The number of fused-ring (bicyclic) bond motifs is 1. The van der Waals surface area contributed by atoms with Gasteiger partial charge < -0.3 is 5.32 Å². The van der Waals surface area contributed by atoms with Gasteiger partial charge >= 0.3 is 6.03 Å². The largest absolute Gasteiger partial charge is 0.337 e. The summed E-state index contributed by atoms with van der Waals surface area (Å²) in [4.78, 5) is 27.6. The maximum absolute atomic E-state index is 14.2. The Morgan fingerprint density at radius 1 is 1.07 bits per heavy atom. The summed E-state index contributed by atoms with van der Waals surface area (Å²) in [5.74, 6) is -3.71. The molecular formula is C19H14F3N5O2. The second-order valence-corrected chi connectivity index (χ2v) is 7.21. The van der Waals surface area contributed by atoms with Gasteiger partial charge in [0.1, 0.15) is 11.6 Å². The average Bonchev–Trinajstić information content (AvgIpc) is 3.37. The fraction of sp³-hybridized carbons (Fsp3) is 0.263. The fourth-order valence-corrected chi connectivity index (χ4v) is 3.88. The van der Waals surface area contributed by atoms with Crippen LogP contribution in [0.5, 0.6) is 0 Å². The molecule has 0 spiro atoms. The van der Waals surface area contributed by atoms with Crippen molar-refractivity contribution < 1.29 is 22.8 Å². The molecule has 2 fully saturated rings. The van der Waals surface area contributed by atoms with Gasteiger partial charge in [0.2, 0.25) is 11.9 Å². The SMILES string of the molecule is O=C1NCC(c2cc([C@H]3C[C@@H]3c3ccc(F)cc3F)c3ncc(F)n3n2)C(=O)N1. The van der Waals surface area contributed by atoms with Crippen LogP contribution in [0.2, 0.25) is 0 Å². The van der Waals surface area contributed by atoms with E-state index in [1.54, 1.807) is 6.07 Å². The van der Waals surface area contributed by atoms with E-state index in [4.69, 9.17) is 0 Å². The van der Waals surface area contributed by atoms with Crippen molar-refractivity contribution in [3.63, 3.8) is 0 Å². The number of imide groups is 1. The van der Waals surface area contributed by atoms with Crippen molar-refractivity contribution in [1.29, 1.82) is 0 Å². The molecular weight excluding hydrogens is 387 g/mol. The van der Waals surface area contributed by atoms with Crippen LogP contribution in [0, 0.1) is 17.6 Å². The monoisotopic (exact) mass is 401 g/mol. The number of aromatic nitrogens is 3. The Balaban J connectivity index is 1.55. The number of carbonyl (C=O) groups excluding carboxylic acids is 2. The van der Waals surface area contributed by atoms with Crippen LogP contribution >= 0.6 is 0 Å². The van der Waals surface area contributed by atoms with Crippen molar-refractivity contribution in [2.24, 2.45) is 0 Å². The van der Waals surface area contributed by atoms with E-state index in [0.717, 1.165) is 16.8 Å². The Labute approximate surface area is 161 Å². The molecule has 2 aromatic heterocycles. The number of carbonyl (C=O) groups is 2. The van der Waals surface area contributed by atoms with Crippen LogP contribution in [0.4, 0.5) is 18.0 Å². The summed E-state index contributed by atoms with van der Waals surface area (Å²) in [5, 5.41) is 8.85. The highest BCUT2D eigenvalue weighted by Gasteiger charge is 2.43. The molecule has 2 N–H and O–H groups in total. The number of hydrogen-bond acceptors (Lipinski definition) is 4. The molecule has 29 heavy (non-hydrogen) atoms. The molecule has 3 amide bonds. The van der Waals surface area contributed by atoms with E-state index >= 15 is 0 Å². The minimum Gasteiger partial charge on any atom is -0.337 e. The molecule has 5 rings (SSSR count). The van der Waals surface area contributed by atoms with Crippen molar-refractivity contribution >= 4 is 17.6 Å². The van der Waals surface area contributed by atoms with Crippen molar-refractivity contribution in [3.8, 4) is 0 Å². The number of amides is 3. The fourth-order valence-electron chi connectivity index (χ4n) is 3.88. The number of halogens is 3. The summed E-state index contributed by atoms with van der Waals surface area (Å²) in [5.41, 5.74) is 1.55. The number of nitrogens with zero attached hydrogens (tertiary/aromatic N) is 3. The van der Waals surface area contributed by atoms with Gasteiger partial charge in [0.25, 0.3) is 0 Å². The van der Waals surface area contributed by atoms with Crippen LogP contribution in [0.25, 0.3) is 5.65 Å². The molecule has 148 valence electrons. The molecule has 10 heteroatoms. The first-order chi connectivity index (χ1) is 13.9. The Kier molecular flexibility index (Phi) is 3.83. The standard InChI is InChI=1S/C19H14F3N5O2/c20-8-1-2-9(14(21)3-8)10-4-11(10)12-5-15(13-6-24-19(29)25-18(13)28)26-27-16(22)7-23-17(12)27/h1-3,5,7,10-11,13H,4,6H2,(H2,24,25,28,29)/t10-,11+,13?/m1/s1. The first-order valence-corrected chi connectivity index (χ1v) is 9.00. The van der Waals surface area contributed by atoms with E-state index in [2.05, 4.69) is 20.7 Å². The van der Waals surface area contributed by atoms with E-state index in [1.807, 2.05) is 0 Å². The van der Waals surface area contributed by atoms with Crippen LogP contribution in [0.1, 0.15) is 41.0 Å². The van der Waals surface area contributed by atoms with Gasteiger partial charge in [0.15, 0.2) is 5.65 Å². The van der Waals surface area contributed by atoms with Crippen LogP contribution in [-0.4, -0.2) is 33.1 Å². The summed E-state index contributed by atoms with van der Waals surface area (Å²) >= 11 is 0. The number of urea groups is 1. The summed E-state index contributed by atoms with van der Waals surface area (Å²) in [6.07, 6.45) is 1.60. The summed E-state index contributed by atoms with van der Waals surface area (Å²) in [6.45, 7) is 0.0274. The average molecular weight is 401 g/mol. The number of hydrogen-bond donors (Lipinski definition) is 2. The predicted octanol–water partition coefficient (Wildman–Crippen LogP) is 2.34. The Hall–Kier alpha value is -3.43. The molecule has 1 saturated heterocycles. The maximum Gasteiger partial charge on any atom is 0.321 e. The quantitative estimate of drug-likeness (QED) is 0.705. The molecule has 0 bridgehead atoms. The Bertz CT molecular complexity index is 1180. The molecule has 2 aliphatic rings. The van der Waals surface area contributed by atoms with Gasteiger partial charge in [-0.3, -0.25) is 10.1 Å². The van der Waals surface area contributed by atoms with Crippen molar-refractivity contribution in [2.75, 3.05) is 6.54 Å². The smallest absolute Gasteiger partial charge is 0.321 e. The molecule has 7 nitrogen and oxygen atoms in total. The van der Waals surface area contributed by atoms with Gasteiger partial charge in [-0.2, -0.15) is 14.0 Å². The molecule has 3 aromatic rings. The van der Waals surface area contributed by atoms with E-state index in [-0.39, 0.29) is 29.7 Å². The number of rotatable bonds is 3. The lowest BCUT2D eigenvalue weighted by Gasteiger charge is -2.22. The predicted molar refractivity (Wildman–Crippen MR) is 93.7 cm³/mol. The number of nitrogens with one attached hydrogen (secondary N) is 2. The van der Waals surface area contributed by atoms with Crippen molar-refractivity contribution in [1.82, 2.24) is 25.2 Å². The number of imidazole rings is 1. The van der Waals surface area contributed by atoms with Gasteiger partial charge in [-0.15, -0.1) is 0 Å². The normalized spacial score (nSPS) is 23.8. The van der Waals surface area contributed by atoms with Gasteiger partial charge in [-0.05, 0) is 36.0 Å². The summed E-state index contributed by atoms with van der Waals surface area (Å²) < 4.78 is 42.6. The lowest BCUT2D eigenvalue weighted by molar-refractivity contribution is -0.122. The van der Waals surface area contributed by atoms with E-state index < -0.39 is 35.4 Å². The van der Waals surface area contributed by atoms with Gasteiger partial charge in [0.05, 0.1) is 17.8 Å². The zero-order valence-electron chi connectivity index (χ0n) is 14.8. The third kappa shape index (κ3) is 2.91. The number of benzene rings is 1. The second kappa shape index (κ2) is 6.29. The first-order valence-electron chi connectivity index (χ1n) is 9.00. The van der Waals surface area contributed by atoms with E-state index in [9.17, 15) is 22.8 Å². The lowest BCUT2D eigenvalue weighted by atomic mass is 9.99. The first kappa shape index (κ1) is 17.7. The molecule has 3 atom stereocenters. The molecule has 0 radical (unpaired) electrons. The Morgan fingerprint density at radius 3 is 2.62 bits per heavy atom. The third-order valence-electron chi connectivity index (χ3n) is 5.40. The van der Waals surface area contributed by atoms with Crippen LogP contribution < -0.4 is 10.6 Å². The highest BCUT2D eigenvalue weighted by Crippen LogP contribution is 2.56. The zero-order chi connectivity index (χ0) is 20.3. The van der Waals surface area contributed by atoms with Crippen molar-refractivity contribution in [2.45, 2.75) is 24.2 Å². The van der Waals surface area contributed by atoms with E-state index in [0.29, 0.717) is 17.5 Å². The van der Waals surface area contributed by atoms with Gasteiger partial charge in [-0.25, -0.2) is 18.6 Å². The zero-order valence-corrected chi connectivity index (χ0v) is 14.8. The van der Waals surface area contributed by atoms with Gasteiger partial charge in [-0.1, -0.05) is 6.07 Å². The third-order valence-corrected chi connectivity index (χ3v) is 5.40. The topological polar surface area (TPSA) is 88.4 Å². The highest BCUT2D eigenvalue weighted by molar-refractivity contribution is 6.00. The summed E-state index contributed by atoms with van der Waals surface area (Å²) in [6, 6.07) is 4.49. The Morgan fingerprint density at radius 2 is 1.86 bits per heavy atom. The molecule has 1 aliphatic carbocycles. The van der Waals surface area contributed by atoms with Crippen molar-refractivity contribution in [3.05, 3.63) is 64.9 Å². The van der Waals surface area contributed by atoms with E-state index in [1.165, 1.54) is 12.1 Å². The minimum atomic E-state index is -0.794. The molecule has 1 aromatic carbocycles. The molecule has 3 heterocycles. The highest BCUT2D eigenvalue weighted by atomic mass is 19.1.